The van der Waals surface area contributed by atoms with E-state index in [1.54, 1.807) is 22.6 Å². The molecule has 0 saturated carbocycles. The molecular weight excluding hydrogens is 280 g/mol. The molecule has 1 rings (SSSR count). The van der Waals surface area contributed by atoms with Crippen molar-refractivity contribution in [2.75, 3.05) is 18.6 Å². The summed E-state index contributed by atoms with van der Waals surface area (Å²) < 4.78 is 1.69. The quantitative estimate of drug-likeness (QED) is 0.648. The molecule has 1 aromatic rings. The second-order valence-electron chi connectivity index (χ2n) is 4.34. The molecule has 0 aliphatic rings. The normalized spacial score (nSPS) is 11.9. The summed E-state index contributed by atoms with van der Waals surface area (Å²) in [4.78, 5) is 22.6. The molecule has 3 N–H and O–H groups in total. The van der Waals surface area contributed by atoms with Gasteiger partial charge in [-0.15, -0.1) is 0 Å². The number of amides is 2. The molecule has 1 atom stereocenters. The summed E-state index contributed by atoms with van der Waals surface area (Å²) in [6.07, 6.45) is 6.57. The highest BCUT2D eigenvalue weighted by Crippen LogP contribution is 2.01. The third-order valence-corrected chi connectivity index (χ3v) is 3.32. The molecule has 0 aliphatic heterocycles. The first-order valence-electron chi connectivity index (χ1n) is 6.26. The number of nitrogens with one attached hydrogen (secondary N) is 2. The van der Waals surface area contributed by atoms with Crippen LogP contribution in [0.4, 0.5) is 4.79 Å². The van der Waals surface area contributed by atoms with E-state index in [0.29, 0.717) is 25.1 Å². The molecule has 0 fully saturated rings. The van der Waals surface area contributed by atoms with Crippen molar-refractivity contribution >= 4 is 23.8 Å². The van der Waals surface area contributed by atoms with Crippen LogP contribution in [0, 0.1) is 0 Å². The Labute approximate surface area is 122 Å². The first-order chi connectivity index (χ1) is 9.52. The number of carbonyl (C=O) groups excluding carboxylic acids is 1. The summed E-state index contributed by atoms with van der Waals surface area (Å²) in [7, 11) is 1.83. The fraction of sp³-hybridized carbons (Fsp3) is 0.583. The average molecular weight is 300 g/mol. The fourth-order valence-corrected chi connectivity index (χ4v) is 2.10. The number of carboxylic acid groups (broad SMARTS) is 1. The highest BCUT2D eigenvalue weighted by Gasteiger charge is 2.18. The number of nitrogens with zero attached hydrogens (tertiary/aromatic N) is 2. The van der Waals surface area contributed by atoms with Crippen molar-refractivity contribution in [1.82, 2.24) is 20.4 Å². The van der Waals surface area contributed by atoms with Crippen molar-refractivity contribution in [3.8, 4) is 0 Å². The SMILES string of the molecule is CSCCC(NC(=O)NCCc1cnn(C)c1)C(=O)O. The molecule has 0 spiro atoms. The van der Waals surface area contributed by atoms with Crippen molar-refractivity contribution in [3.05, 3.63) is 18.0 Å². The Morgan fingerprint density at radius 2 is 2.30 bits per heavy atom. The summed E-state index contributed by atoms with van der Waals surface area (Å²) in [6.45, 7) is 0.437. The molecule has 0 saturated heterocycles. The molecular formula is C12H20N4O3S. The second-order valence-corrected chi connectivity index (χ2v) is 5.33. The van der Waals surface area contributed by atoms with Crippen LogP contribution in [-0.4, -0.2) is 51.5 Å². The predicted octanol–water partition coefficient (Wildman–Crippen LogP) is 0.468. The smallest absolute Gasteiger partial charge is 0.326 e. The maximum absolute atomic E-state index is 11.6. The van der Waals surface area contributed by atoms with E-state index in [1.807, 2.05) is 19.5 Å². The van der Waals surface area contributed by atoms with Gasteiger partial charge in [-0.05, 0) is 30.4 Å². The molecule has 2 amide bonds. The van der Waals surface area contributed by atoms with E-state index in [9.17, 15) is 9.59 Å². The summed E-state index contributed by atoms with van der Waals surface area (Å²) in [5.74, 6) is -0.325. The Morgan fingerprint density at radius 1 is 1.55 bits per heavy atom. The Morgan fingerprint density at radius 3 is 2.85 bits per heavy atom. The van der Waals surface area contributed by atoms with Crippen LogP contribution in [0.25, 0.3) is 0 Å². The van der Waals surface area contributed by atoms with Gasteiger partial charge in [-0.2, -0.15) is 16.9 Å². The van der Waals surface area contributed by atoms with Gasteiger partial charge in [0, 0.05) is 19.8 Å². The first-order valence-corrected chi connectivity index (χ1v) is 7.66. The van der Waals surface area contributed by atoms with Crippen molar-refractivity contribution in [1.29, 1.82) is 0 Å². The summed E-state index contributed by atoms with van der Waals surface area (Å²) >= 11 is 1.55. The van der Waals surface area contributed by atoms with Gasteiger partial charge in [0.05, 0.1) is 6.20 Å². The minimum atomic E-state index is -1.01. The molecule has 0 aromatic carbocycles. The molecule has 0 aliphatic carbocycles. The van der Waals surface area contributed by atoms with Gasteiger partial charge >= 0.3 is 12.0 Å². The average Bonchev–Trinajstić information content (AvgIpc) is 2.80. The molecule has 1 heterocycles. The summed E-state index contributed by atoms with van der Waals surface area (Å²) in [5, 5.41) is 18.1. The molecule has 20 heavy (non-hydrogen) atoms. The Bertz CT molecular complexity index is 450. The number of carboxylic acids is 1. The van der Waals surface area contributed by atoms with Gasteiger partial charge in [-0.25, -0.2) is 9.59 Å². The van der Waals surface area contributed by atoms with Gasteiger partial charge in [-0.3, -0.25) is 4.68 Å². The number of thioether (sulfide) groups is 1. The third kappa shape index (κ3) is 5.96. The molecule has 1 unspecified atom stereocenters. The monoisotopic (exact) mass is 300 g/mol. The van der Waals surface area contributed by atoms with Gasteiger partial charge in [0.15, 0.2) is 0 Å². The molecule has 8 heteroatoms. The van der Waals surface area contributed by atoms with Crippen LogP contribution in [0.2, 0.25) is 0 Å². The van der Waals surface area contributed by atoms with E-state index < -0.39 is 18.0 Å². The number of hydrogen-bond donors (Lipinski definition) is 3. The van der Waals surface area contributed by atoms with Crippen LogP contribution < -0.4 is 10.6 Å². The topological polar surface area (TPSA) is 96.3 Å². The zero-order valence-electron chi connectivity index (χ0n) is 11.6. The van der Waals surface area contributed by atoms with Crippen LogP contribution in [-0.2, 0) is 18.3 Å². The molecule has 112 valence electrons. The van der Waals surface area contributed by atoms with E-state index in [-0.39, 0.29) is 0 Å². The van der Waals surface area contributed by atoms with Crippen LogP contribution in [0.5, 0.6) is 0 Å². The Kier molecular flexibility index (Phi) is 6.92. The van der Waals surface area contributed by atoms with Gasteiger partial charge in [0.2, 0.25) is 0 Å². The van der Waals surface area contributed by atoms with Crippen molar-refractivity contribution in [2.24, 2.45) is 7.05 Å². The zero-order chi connectivity index (χ0) is 15.0. The lowest BCUT2D eigenvalue weighted by atomic mass is 10.2. The lowest BCUT2D eigenvalue weighted by Crippen LogP contribution is -2.46. The molecule has 1 aromatic heterocycles. The van der Waals surface area contributed by atoms with E-state index in [4.69, 9.17) is 5.11 Å². The fourth-order valence-electron chi connectivity index (χ4n) is 1.62. The van der Waals surface area contributed by atoms with Gasteiger partial charge < -0.3 is 15.7 Å². The van der Waals surface area contributed by atoms with Crippen molar-refractivity contribution in [2.45, 2.75) is 18.9 Å². The maximum atomic E-state index is 11.6. The van der Waals surface area contributed by atoms with Gasteiger partial charge in [0.25, 0.3) is 0 Å². The number of aliphatic carboxylic acids is 1. The highest BCUT2D eigenvalue weighted by atomic mass is 32.2. The number of hydrogen-bond acceptors (Lipinski definition) is 4. The number of aryl methyl sites for hydroxylation is 1. The van der Waals surface area contributed by atoms with Gasteiger partial charge in [-0.1, -0.05) is 0 Å². The zero-order valence-corrected chi connectivity index (χ0v) is 12.4. The molecule has 0 radical (unpaired) electrons. The summed E-state index contributed by atoms with van der Waals surface area (Å²) in [5.41, 5.74) is 1.02. The van der Waals surface area contributed by atoms with Gasteiger partial charge in [0.1, 0.15) is 6.04 Å². The summed E-state index contributed by atoms with van der Waals surface area (Å²) in [6, 6.07) is -1.30. The van der Waals surface area contributed by atoms with Crippen LogP contribution in [0.1, 0.15) is 12.0 Å². The van der Waals surface area contributed by atoms with Crippen LogP contribution in [0.15, 0.2) is 12.4 Å². The molecule has 7 nitrogen and oxygen atoms in total. The minimum Gasteiger partial charge on any atom is -0.480 e. The first kappa shape index (κ1) is 16.4. The Balaban J connectivity index is 2.28. The predicted molar refractivity (Wildman–Crippen MR) is 77.9 cm³/mol. The lowest BCUT2D eigenvalue weighted by Gasteiger charge is -2.14. The lowest BCUT2D eigenvalue weighted by molar-refractivity contribution is -0.139. The minimum absolute atomic E-state index is 0.409. The number of aromatic nitrogens is 2. The van der Waals surface area contributed by atoms with Crippen LogP contribution in [0.3, 0.4) is 0 Å². The third-order valence-electron chi connectivity index (χ3n) is 2.67. The standard InChI is InChI=1S/C12H20N4O3S/c1-16-8-9(7-14-16)3-5-13-12(19)15-10(11(17)18)4-6-20-2/h7-8,10H,3-6H2,1-2H3,(H,17,18)(H2,13,15,19). The molecule has 0 bridgehead atoms. The Hall–Kier alpha value is -1.70. The van der Waals surface area contributed by atoms with Crippen molar-refractivity contribution < 1.29 is 14.7 Å². The highest BCUT2D eigenvalue weighted by molar-refractivity contribution is 7.98. The van der Waals surface area contributed by atoms with Crippen LogP contribution >= 0.6 is 11.8 Å². The second kappa shape index (κ2) is 8.47. The number of carbonyl (C=O) groups is 2. The maximum Gasteiger partial charge on any atom is 0.326 e. The van der Waals surface area contributed by atoms with E-state index in [0.717, 1.165) is 5.56 Å². The van der Waals surface area contributed by atoms with E-state index in [2.05, 4.69) is 15.7 Å². The number of urea groups is 1. The largest absolute Gasteiger partial charge is 0.480 e. The van der Waals surface area contributed by atoms with Crippen molar-refractivity contribution in [3.63, 3.8) is 0 Å². The van der Waals surface area contributed by atoms with E-state index in [1.165, 1.54) is 0 Å². The van der Waals surface area contributed by atoms with E-state index >= 15 is 0 Å². The number of rotatable bonds is 8.